The van der Waals surface area contributed by atoms with E-state index < -0.39 is 0 Å². The second-order valence-corrected chi connectivity index (χ2v) is 9.24. The third kappa shape index (κ3) is 5.06. The Kier molecular flexibility index (Phi) is 6.53. The predicted molar refractivity (Wildman–Crippen MR) is 136 cm³/mol. The summed E-state index contributed by atoms with van der Waals surface area (Å²) in [7, 11) is 0. The van der Waals surface area contributed by atoms with E-state index >= 15 is 0 Å². The van der Waals surface area contributed by atoms with E-state index in [-0.39, 0.29) is 11.9 Å². The van der Waals surface area contributed by atoms with E-state index in [1.807, 2.05) is 6.07 Å². The van der Waals surface area contributed by atoms with Crippen molar-refractivity contribution in [2.45, 2.75) is 32.4 Å². The molecule has 4 aromatic rings. The van der Waals surface area contributed by atoms with Gasteiger partial charge >= 0.3 is 0 Å². The van der Waals surface area contributed by atoms with Crippen LogP contribution in [0, 0.1) is 24.1 Å². The van der Waals surface area contributed by atoms with E-state index in [0.717, 1.165) is 43.4 Å². The van der Waals surface area contributed by atoms with Crippen molar-refractivity contribution >= 4 is 39.7 Å². The van der Waals surface area contributed by atoms with Gasteiger partial charge < -0.3 is 15.6 Å². The van der Waals surface area contributed by atoms with Gasteiger partial charge in [-0.3, -0.25) is 4.90 Å². The fourth-order valence-electron chi connectivity index (χ4n) is 4.57. The smallest absolute Gasteiger partial charge is 0.153 e. The summed E-state index contributed by atoms with van der Waals surface area (Å²) in [5, 5.41) is 17.3. The molecule has 9 heteroatoms. The highest BCUT2D eigenvalue weighted by Gasteiger charge is 2.21. The molecule has 1 aliphatic heterocycles. The zero-order valence-corrected chi connectivity index (χ0v) is 20.0. The topological polar surface area (TPSA) is 92.7 Å². The summed E-state index contributed by atoms with van der Waals surface area (Å²) in [5.41, 5.74) is 5.38. The number of nitriles is 1. The number of halogens is 2. The first-order valence-corrected chi connectivity index (χ1v) is 11.9. The van der Waals surface area contributed by atoms with Crippen LogP contribution in [0.25, 0.3) is 10.9 Å². The van der Waals surface area contributed by atoms with E-state index in [1.54, 1.807) is 12.3 Å². The lowest BCUT2D eigenvalue weighted by molar-refractivity contribution is 0.211. The Bertz CT molecular complexity index is 1400. The number of aryl methyl sites for hydroxylation is 1. The molecule has 0 unspecified atom stereocenters. The summed E-state index contributed by atoms with van der Waals surface area (Å²) in [6, 6.07) is 12.8. The zero-order chi connectivity index (χ0) is 24.4. The van der Waals surface area contributed by atoms with E-state index in [0.29, 0.717) is 27.9 Å². The second kappa shape index (κ2) is 9.90. The van der Waals surface area contributed by atoms with Crippen molar-refractivity contribution in [3.63, 3.8) is 0 Å². The number of benzene rings is 2. The minimum atomic E-state index is -0.384. The third-order valence-corrected chi connectivity index (χ3v) is 6.85. The Morgan fingerprint density at radius 2 is 2.03 bits per heavy atom. The standard InChI is InChI=1S/C26H25ClFN7/c1-16-17(2-4-23-21(16)11-20(12-29)32-23)14-35-8-6-19(7-9-35)33-26-25(13-30-15-31-26)34-24-5-3-18(28)10-22(24)27/h2-5,10-11,13,15,19,32,34H,6-9,14H2,1H3,(H,30,31,33). The van der Waals surface area contributed by atoms with Gasteiger partial charge in [-0.25, -0.2) is 14.4 Å². The Hall–Kier alpha value is -3.67. The van der Waals surface area contributed by atoms with Crippen molar-refractivity contribution in [1.82, 2.24) is 19.9 Å². The summed E-state index contributed by atoms with van der Waals surface area (Å²) >= 11 is 6.17. The van der Waals surface area contributed by atoms with Crippen LogP contribution in [0.1, 0.15) is 29.7 Å². The molecule has 0 atom stereocenters. The monoisotopic (exact) mass is 489 g/mol. The average molecular weight is 490 g/mol. The SMILES string of the molecule is Cc1c(CN2CCC(Nc3ncncc3Nc3ccc(F)cc3Cl)CC2)ccc2[nH]c(C#N)cc12. The van der Waals surface area contributed by atoms with Gasteiger partial charge in [0.25, 0.3) is 0 Å². The third-order valence-electron chi connectivity index (χ3n) is 6.54. The first kappa shape index (κ1) is 23.1. The van der Waals surface area contributed by atoms with Crippen molar-refractivity contribution < 1.29 is 4.39 Å². The van der Waals surface area contributed by atoms with Crippen molar-refractivity contribution in [3.05, 3.63) is 76.6 Å². The number of fused-ring (bicyclic) bond motifs is 1. The fourth-order valence-corrected chi connectivity index (χ4v) is 4.78. The molecule has 2 aromatic carbocycles. The van der Waals surface area contributed by atoms with Crippen molar-refractivity contribution in [3.8, 4) is 6.07 Å². The largest absolute Gasteiger partial charge is 0.365 e. The van der Waals surface area contributed by atoms with Crippen LogP contribution in [0.15, 0.2) is 48.9 Å². The van der Waals surface area contributed by atoms with Crippen LogP contribution in [0.5, 0.6) is 0 Å². The Labute approximate surface area is 208 Å². The lowest BCUT2D eigenvalue weighted by Crippen LogP contribution is -2.39. The lowest BCUT2D eigenvalue weighted by atomic mass is 10.0. The molecule has 3 heterocycles. The molecule has 0 saturated carbocycles. The Morgan fingerprint density at radius 1 is 1.20 bits per heavy atom. The number of hydrogen-bond acceptors (Lipinski definition) is 6. The summed E-state index contributed by atoms with van der Waals surface area (Å²) in [6.45, 7) is 4.93. The summed E-state index contributed by atoms with van der Waals surface area (Å²) < 4.78 is 13.4. The molecule has 178 valence electrons. The van der Waals surface area contributed by atoms with Gasteiger partial charge in [0.15, 0.2) is 5.82 Å². The molecule has 2 aromatic heterocycles. The highest BCUT2D eigenvalue weighted by atomic mass is 35.5. The minimum Gasteiger partial charge on any atom is -0.365 e. The van der Waals surface area contributed by atoms with Gasteiger partial charge in [-0.05, 0) is 61.2 Å². The lowest BCUT2D eigenvalue weighted by Gasteiger charge is -2.33. The van der Waals surface area contributed by atoms with Gasteiger partial charge in [0.2, 0.25) is 0 Å². The molecule has 0 bridgehead atoms. The summed E-state index contributed by atoms with van der Waals surface area (Å²) in [6.07, 6.45) is 5.14. The molecule has 3 N–H and O–H groups in total. The van der Waals surface area contributed by atoms with Gasteiger partial charge in [-0.15, -0.1) is 0 Å². The molecule has 0 radical (unpaired) electrons. The van der Waals surface area contributed by atoms with Crippen LogP contribution < -0.4 is 10.6 Å². The van der Waals surface area contributed by atoms with Crippen LogP contribution in [0.4, 0.5) is 21.6 Å². The molecule has 1 saturated heterocycles. The average Bonchev–Trinajstić information content (AvgIpc) is 3.29. The number of H-pyrrole nitrogens is 1. The van der Waals surface area contributed by atoms with E-state index in [2.05, 4.69) is 55.6 Å². The Morgan fingerprint density at radius 3 is 2.80 bits per heavy atom. The van der Waals surface area contributed by atoms with Gasteiger partial charge in [0.1, 0.15) is 29.6 Å². The highest BCUT2D eigenvalue weighted by molar-refractivity contribution is 6.33. The van der Waals surface area contributed by atoms with Gasteiger partial charge in [-0.1, -0.05) is 17.7 Å². The molecule has 1 fully saturated rings. The number of nitrogens with one attached hydrogen (secondary N) is 3. The molecule has 0 amide bonds. The normalized spacial score (nSPS) is 14.7. The van der Waals surface area contributed by atoms with Crippen molar-refractivity contribution in [2.75, 3.05) is 23.7 Å². The van der Waals surface area contributed by atoms with Crippen LogP contribution in [-0.4, -0.2) is 39.0 Å². The maximum Gasteiger partial charge on any atom is 0.153 e. The predicted octanol–water partition coefficient (Wildman–Crippen LogP) is 5.75. The van der Waals surface area contributed by atoms with Crippen LogP contribution >= 0.6 is 11.6 Å². The van der Waals surface area contributed by atoms with Gasteiger partial charge in [0.05, 0.1) is 16.9 Å². The van der Waals surface area contributed by atoms with E-state index in [9.17, 15) is 9.65 Å². The Balaban J connectivity index is 1.21. The molecular weight excluding hydrogens is 465 g/mol. The van der Waals surface area contributed by atoms with E-state index in [1.165, 1.54) is 29.6 Å². The van der Waals surface area contributed by atoms with Gasteiger partial charge in [0, 0.05) is 36.6 Å². The van der Waals surface area contributed by atoms with Crippen LogP contribution in [-0.2, 0) is 6.54 Å². The molecular formula is C26H25ClFN7. The number of aromatic nitrogens is 3. The first-order chi connectivity index (χ1) is 17.0. The second-order valence-electron chi connectivity index (χ2n) is 8.83. The summed E-state index contributed by atoms with van der Waals surface area (Å²) in [4.78, 5) is 14.1. The number of likely N-dealkylation sites (tertiary alicyclic amines) is 1. The molecule has 5 rings (SSSR count). The van der Waals surface area contributed by atoms with Crippen molar-refractivity contribution in [2.24, 2.45) is 0 Å². The molecule has 7 nitrogen and oxygen atoms in total. The first-order valence-electron chi connectivity index (χ1n) is 11.5. The maximum atomic E-state index is 13.4. The van der Waals surface area contributed by atoms with E-state index in [4.69, 9.17) is 11.6 Å². The molecule has 0 aliphatic carbocycles. The highest BCUT2D eigenvalue weighted by Crippen LogP contribution is 2.30. The molecule has 1 aliphatic rings. The number of piperidine rings is 1. The molecule has 0 spiro atoms. The number of aromatic amines is 1. The quantitative estimate of drug-likeness (QED) is 0.319. The molecule has 35 heavy (non-hydrogen) atoms. The van der Waals surface area contributed by atoms with Gasteiger partial charge in [-0.2, -0.15) is 5.26 Å². The maximum absolute atomic E-state index is 13.4. The van der Waals surface area contributed by atoms with Crippen molar-refractivity contribution in [1.29, 1.82) is 5.26 Å². The van der Waals surface area contributed by atoms with Crippen LogP contribution in [0.2, 0.25) is 5.02 Å². The van der Waals surface area contributed by atoms with Crippen LogP contribution in [0.3, 0.4) is 0 Å². The fraction of sp³-hybridized carbons (Fsp3) is 0.269. The summed E-state index contributed by atoms with van der Waals surface area (Å²) in [5.74, 6) is 0.311. The number of anilines is 3. The minimum absolute atomic E-state index is 0.275. The zero-order valence-electron chi connectivity index (χ0n) is 19.3. The number of hydrogen-bond donors (Lipinski definition) is 3. The number of rotatable bonds is 6. The number of nitrogens with zero attached hydrogens (tertiary/aromatic N) is 4.